The van der Waals surface area contributed by atoms with Crippen LogP contribution in [0.4, 0.5) is 10.5 Å². The Balaban J connectivity index is 1.34. The number of amides is 2. The molecule has 2 aliphatic rings. The van der Waals surface area contributed by atoms with Gasteiger partial charge in [-0.05, 0) is 49.6 Å². The van der Waals surface area contributed by atoms with E-state index in [1.807, 2.05) is 42.2 Å². The average molecular weight is 413 g/mol. The van der Waals surface area contributed by atoms with Crippen LogP contribution in [0, 0.1) is 6.92 Å². The lowest BCUT2D eigenvalue weighted by Gasteiger charge is -2.33. The number of carbonyl (C=O) groups excluding carboxylic acids is 1. The first-order valence-electron chi connectivity index (χ1n) is 10.3. The van der Waals surface area contributed by atoms with E-state index >= 15 is 0 Å². The molecular formula is C23H29ClN4O. The maximum Gasteiger partial charge on any atom is 0.322 e. The molecule has 1 N–H and O–H groups in total. The highest BCUT2D eigenvalue weighted by atomic mass is 35.5. The Hall–Kier alpha value is -2.11. The molecule has 154 valence electrons. The van der Waals surface area contributed by atoms with Gasteiger partial charge in [-0.25, -0.2) is 4.79 Å². The predicted molar refractivity (Wildman–Crippen MR) is 118 cm³/mol. The largest absolute Gasteiger partial charge is 0.335 e. The summed E-state index contributed by atoms with van der Waals surface area (Å²) in [5.74, 6) is 0. The second kappa shape index (κ2) is 7.96. The summed E-state index contributed by atoms with van der Waals surface area (Å²) in [6.45, 7) is 9.81. The summed E-state index contributed by atoms with van der Waals surface area (Å²) in [5.41, 5.74) is 4.06. The van der Waals surface area contributed by atoms with Crippen molar-refractivity contribution in [2.75, 3.05) is 24.5 Å². The normalized spacial score (nSPS) is 19.2. The molecular weight excluding hydrogens is 384 g/mol. The Kier molecular flexibility index (Phi) is 5.54. The van der Waals surface area contributed by atoms with Crippen molar-refractivity contribution in [2.24, 2.45) is 0 Å². The highest BCUT2D eigenvalue weighted by molar-refractivity contribution is 6.30. The van der Waals surface area contributed by atoms with Crippen LogP contribution in [0.1, 0.15) is 43.6 Å². The number of fused-ring (bicyclic) bond motifs is 1. The van der Waals surface area contributed by atoms with Crippen LogP contribution in [0.5, 0.6) is 0 Å². The Morgan fingerprint density at radius 2 is 2.00 bits per heavy atom. The van der Waals surface area contributed by atoms with Gasteiger partial charge < -0.3 is 5.32 Å². The molecule has 0 aliphatic carbocycles. The van der Waals surface area contributed by atoms with E-state index in [0.717, 1.165) is 54.6 Å². The second-order valence-electron chi connectivity index (χ2n) is 8.92. The monoisotopic (exact) mass is 412 g/mol. The molecule has 4 rings (SSSR count). The molecule has 2 aromatic rings. The lowest BCUT2D eigenvalue weighted by molar-refractivity contribution is 0.188. The summed E-state index contributed by atoms with van der Waals surface area (Å²) >= 11 is 6.09. The van der Waals surface area contributed by atoms with Gasteiger partial charge in [0.05, 0.1) is 11.4 Å². The number of pyridine rings is 1. The molecule has 1 saturated heterocycles. The SMILES string of the molecule is Cc1ccc2c(n1)C(C)(C)CN2C(=O)NC1CCN(Cc2cccc(Cl)c2)CC1. The number of hydrogen-bond donors (Lipinski definition) is 1. The van der Waals surface area contributed by atoms with E-state index in [-0.39, 0.29) is 17.5 Å². The molecule has 0 saturated carbocycles. The summed E-state index contributed by atoms with van der Waals surface area (Å²) < 4.78 is 0. The van der Waals surface area contributed by atoms with Crippen LogP contribution in [0.25, 0.3) is 0 Å². The number of nitrogens with zero attached hydrogens (tertiary/aromatic N) is 3. The number of likely N-dealkylation sites (tertiary alicyclic amines) is 1. The quantitative estimate of drug-likeness (QED) is 0.806. The van der Waals surface area contributed by atoms with Gasteiger partial charge in [0, 0.05) is 48.4 Å². The van der Waals surface area contributed by atoms with E-state index in [4.69, 9.17) is 16.6 Å². The Bertz CT molecular complexity index is 906. The van der Waals surface area contributed by atoms with Gasteiger partial charge in [-0.15, -0.1) is 0 Å². The maximum atomic E-state index is 13.0. The van der Waals surface area contributed by atoms with Crippen LogP contribution in [-0.4, -0.2) is 41.6 Å². The van der Waals surface area contributed by atoms with E-state index in [9.17, 15) is 4.79 Å². The van der Waals surface area contributed by atoms with Gasteiger partial charge in [0.2, 0.25) is 0 Å². The van der Waals surface area contributed by atoms with E-state index in [1.165, 1.54) is 5.56 Å². The predicted octanol–water partition coefficient (Wildman–Crippen LogP) is 4.52. The molecule has 1 aromatic heterocycles. The van der Waals surface area contributed by atoms with Crippen molar-refractivity contribution in [3.8, 4) is 0 Å². The number of anilines is 1. The number of hydrogen-bond acceptors (Lipinski definition) is 3. The molecule has 2 amide bonds. The van der Waals surface area contributed by atoms with E-state index in [2.05, 4.69) is 30.1 Å². The van der Waals surface area contributed by atoms with Crippen molar-refractivity contribution in [2.45, 2.75) is 51.6 Å². The number of aromatic nitrogens is 1. The summed E-state index contributed by atoms with van der Waals surface area (Å²) in [6, 6.07) is 12.3. The van der Waals surface area contributed by atoms with Crippen LogP contribution in [0.3, 0.4) is 0 Å². The number of aryl methyl sites for hydroxylation is 1. The van der Waals surface area contributed by atoms with Crippen LogP contribution in [-0.2, 0) is 12.0 Å². The third-order valence-electron chi connectivity index (χ3n) is 5.95. The Morgan fingerprint density at radius 1 is 1.24 bits per heavy atom. The molecule has 6 heteroatoms. The molecule has 5 nitrogen and oxygen atoms in total. The third-order valence-corrected chi connectivity index (χ3v) is 6.19. The fourth-order valence-corrected chi connectivity index (χ4v) is 4.60. The minimum atomic E-state index is -0.126. The number of nitrogens with one attached hydrogen (secondary N) is 1. The minimum absolute atomic E-state index is 0.00392. The summed E-state index contributed by atoms with van der Waals surface area (Å²) in [5, 5.41) is 4.04. The van der Waals surface area contributed by atoms with Crippen LogP contribution in [0.15, 0.2) is 36.4 Å². The lowest BCUT2D eigenvalue weighted by atomic mass is 9.91. The number of rotatable bonds is 3. The third kappa shape index (κ3) is 4.41. The van der Waals surface area contributed by atoms with Crippen molar-refractivity contribution >= 4 is 23.3 Å². The number of urea groups is 1. The molecule has 0 radical (unpaired) electrons. The molecule has 29 heavy (non-hydrogen) atoms. The number of benzene rings is 1. The molecule has 1 aromatic carbocycles. The fraction of sp³-hybridized carbons (Fsp3) is 0.478. The zero-order valence-corrected chi connectivity index (χ0v) is 18.2. The zero-order chi connectivity index (χ0) is 20.6. The first kappa shape index (κ1) is 20.2. The van der Waals surface area contributed by atoms with Crippen molar-refractivity contribution in [3.63, 3.8) is 0 Å². The second-order valence-corrected chi connectivity index (χ2v) is 9.36. The molecule has 3 heterocycles. The standard InChI is InChI=1S/C23H29ClN4O/c1-16-7-8-20-21(25-16)23(2,3)15-28(20)22(29)26-19-9-11-27(12-10-19)14-17-5-4-6-18(24)13-17/h4-8,13,19H,9-12,14-15H2,1-3H3,(H,26,29). The molecule has 0 spiro atoms. The molecule has 0 unspecified atom stereocenters. The first-order chi connectivity index (χ1) is 13.8. The minimum Gasteiger partial charge on any atom is -0.335 e. The highest BCUT2D eigenvalue weighted by Crippen LogP contribution is 2.39. The number of carbonyl (C=O) groups is 1. The van der Waals surface area contributed by atoms with Crippen molar-refractivity contribution in [1.82, 2.24) is 15.2 Å². The van der Waals surface area contributed by atoms with Crippen LogP contribution >= 0.6 is 11.6 Å². The van der Waals surface area contributed by atoms with Gasteiger partial charge in [-0.1, -0.05) is 37.6 Å². The van der Waals surface area contributed by atoms with E-state index < -0.39 is 0 Å². The summed E-state index contributed by atoms with van der Waals surface area (Å²) in [6.07, 6.45) is 1.92. The smallest absolute Gasteiger partial charge is 0.322 e. The van der Waals surface area contributed by atoms with Crippen LogP contribution in [0.2, 0.25) is 5.02 Å². The number of halogens is 1. The average Bonchev–Trinajstić information content (AvgIpc) is 2.94. The lowest BCUT2D eigenvalue weighted by Crippen LogP contribution is -2.49. The topological polar surface area (TPSA) is 48.5 Å². The maximum absolute atomic E-state index is 13.0. The van der Waals surface area contributed by atoms with Crippen molar-refractivity contribution in [1.29, 1.82) is 0 Å². The number of piperidine rings is 1. The van der Waals surface area contributed by atoms with Crippen molar-refractivity contribution < 1.29 is 4.79 Å². The Morgan fingerprint density at radius 3 is 2.72 bits per heavy atom. The fourth-order valence-electron chi connectivity index (χ4n) is 4.38. The molecule has 0 bridgehead atoms. The van der Waals surface area contributed by atoms with Gasteiger partial charge in [0.25, 0.3) is 0 Å². The summed E-state index contributed by atoms with van der Waals surface area (Å²) in [7, 11) is 0. The molecule has 0 atom stereocenters. The van der Waals surface area contributed by atoms with Gasteiger partial charge in [-0.2, -0.15) is 0 Å². The summed E-state index contributed by atoms with van der Waals surface area (Å²) in [4.78, 5) is 22.0. The molecule has 2 aliphatic heterocycles. The van der Waals surface area contributed by atoms with Crippen LogP contribution < -0.4 is 10.2 Å². The van der Waals surface area contributed by atoms with E-state index in [0.29, 0.717) is 6.54 Å². The Labute approximate surface area is 178 Å². The van der Waals surface area contributed by atoms with Crippen molar-refractivity contribution in [3.05, 3.63) is 58.4 Å². The highest BCUT2D eigenvalue weighted by Gasteiger charge is 2.40. The van der Waals surface area contributed by atoms with Gasteiger partial charge in [0.15, 0.2) is 0 Å². The van der Waals surface area contributed by atoms with Gasteiger partial charge in [0.1, 0.15) is 0 Å². The van der Waals surface area contributed by atoms with E-state index in [1.54, 1.807) is 0 Å². The first-order valence-corrected chi connectivity index (χ1v) is 10.7. The van der Waals surface area contributed by atoms with Gasteiger partial charge >= 0.3 is 6.03 Å². The van der Waals surface area contributed by atoms with Gasteiger partial charge in [-0.3, -0.25) is 14.8 Å². The zero-order valence-electron chi connectivity index (χ0n) is 17.4. The molecule has 1 fully saturated rings.